The van der Waals surface area contributed by atoms with Gasteiger partial charge in [-0.3, -0.25) is 4.79 Å². The van der Waals surface area contributed by atoms with Gasteiger partial charge in [-0.25, -0.2) is 30.4 Å². The van der Waals surface area contributed by atoms with Crippen LogP contribution in [0.4, 0.5) is 22.0 Å². The molecule has 146 valence electrons. The largest absolute Gasteiger partial charge is 0.460 e. The molecule has 0 N–H and O–H groups in total. The van der Waals surface area contributed by atoms with Crippen LogP contribution in [0.25, 0.3) is 0 Å². The number of carbonyl (C=O) groups is 1. The quantitative estimate of drug-likeness (QED) is 0.338. The average molecular weight is 401 g/mol. The van der Waals surface area contributed by atoms with Crippen molar-refractivity contribution in [3.8, 4) is 0 Å². The molecule has 0 aromatic heterocycles. The zero-order valence-corrected chi connectivity index (χ0v) is 14.9. The minimum Gasteiger partial charge on any atom is -0.460 e. The van der Waals surface area contributed by atoms with E-state index in [1.54, 1.807) is 20.8 Å². The van der Waals surface area contributed by atoms with E-state index in [4.69, 9.17) is 4.74 Å². The van der Waals surface area contributed by atoms with E-state index >= 15 is 0 Å². The fourth-order valence-corrected chi connectivity index (χ4v) is 4.08. The lowest BCUT2D eigenvalue weighted by Gasteiger charge is -2.22. The molecule has 0 aliphatic carbocycles. The molecular weight excluding hydrogens is 385 g/mol. The number of sulfonamides is 1. The van der Waals surface area contributed by atoms with Gasteiger partial charge in [0.05, 0.1) is 5.92 Å². The maximum atomic E-state index is 13.8. The van der Waals surface area contributed by atoms with Gasteiger partial charge in [-0.15, -0.1) is 0 Å². The Hall–Kier alpha value is -1.75. The number of carbonyl (C=O) groups excluding carboxylic acids is 1. The lowest BCUT2D eigenvalue weighted by atomic mass is 10.1. The van der Waals surface area contributed by atoms with Crippen molar-refractivity contribution in [3.63, 3.8) is 0 Å². The summed E-state index contributed by atoms with van der Waals surface area (Å²) in [5.74, 6) is -13.7. The van der Waals surface area contributed by atoms with Crippen LogP contribution in [0.3, 0.4) is 0 Å². The average Bonchev–Trinajstić information content (AvgIpc) is 3.00. The van der Waals surface area contributed by atoms with Crippen molar-refractivity contribution >= 4 is 16.0 Å². The molecule has 1 atom stereocenters. The summed E-state index contributed by atoms with van der Waals surface area (Å²) >= 11 is 0. The summed E-state index contributed by atoms with van der Waals surface area (Å²) in [6.45, 7) is 3.98. The van der Waals surface area contributed by atoms with E-state index < -0.39 is 68.0 Å². The van der Waals surface area contributed by atoms with Gasteiger partial charge in [-0.2, -0.15) is 4.31 Å². The third kappa shape index (κ3) is 3.68. The Balaban J connectivity index is 2.35. The zero-order valence-electron chi connectivity index (χ0n) is 14.1. The van der Waals surface area contributed by atoms with E-state index in [2.05, 4.69) is 0 Å². The maximum absolute atomic E-state index is 13.8. The molecule has 0 amide bonds. The maximum Gasteiger partial charge on any atom is 0.310 e. The number of nitrogens with zero attached hydrogens (tertiary/aromatic N) is 1. The Morgan fingerprint density at radius 1 is 1.00 bits per heavy atom. The normalized spacial score (nSPS) is 19.0. The molecule has 5 nitrogen and oxygen atoms in total. The Bertz CT molecular complexity index is 822. The van der Waals surface area contributed by atoms with Gasteiger partial charge in [0.2, 0.25) is 15.8 Å². The SMILES string of the molecule is CC(C)(C)OC(=O)[C@@H]1CCN(S(=O)(=O)c2c(F)c(F)c(F)c(F)c2F)C1. The second-order valence-corrected chi connectivity index (χ2v) is 8.66. The van der Waals surface area contributed by atoms with Crippen LogP contribution >= 0.6 is 0 Å². The van der Waals surface area contributed by atoms with Crippen LogP contribution in [0, 0.1) is 35.0 Å². The first-order valence-electron chi connectivity index (χ1n) is 7.51. The van der Waals surface area contributed by atoms with Gasteiger partial charge in [0.25, 0.3) is 0 Å². The molecular formula is C15H16F5NO4S. The van der Waals surface area contributed by atoms with Gasteiger partial charge < -0.3 is 4.74 Å². The van der Waals surface area contributed by atoms with Gasteiger partial charge in [0.1, 0.15) is 5.60 Å². The second-order valence-electron chi connectivity index (χ2n) is 6.78. The van der Waals surface area contributed by atoms with Crippen molar-refractivity contribution in [2.45, 2.75) is 37.7 Å². The van der Waals surface area contributed by atoms with E-state index in [9.17, 15) is 35.2 Å². The molecule has 0 bridgehead atoms. The van der Waals surface area contributed by atoms with E-state index in [-0.39, 0.29) is 13.0 Å². The number of benzene rings is 1. The first-order valence-corrected chi connectivity index (χ1v) is 8.96. The molecule has 1 aliphatic rings. The summed E-state index contributed by atoms with van der Waals surface area (Å²) in [5.41, 5.74) is -0.829. The zero-order chi connectivity index (χ0) is 20.0. The van der Waals surface area contributed by atoms with Crippen LogP contribution < -0.4 is 0 Å². The first kappa shape index (κ1) is 20.6. The van der Waals surface area contributed by atoms with Crippen LogP contribution in [0.2, 0.25) is 0 Å². The highest BCUT2D eigenvalue weighted by Crippen LogP contribution is 2.32. The van der Waals surface area contributed by atoms with E-state index in [1.165, 1.54) is 0 Å². The van der Waals surface area contributed by atoms with Gasteiger partial charge >= 0.3 is 5.97 Å². The minimum atomic E-state index is -5.04. The molecule has 11 heteroatoms. The lowest BCUT2D eigenvalue weighted by Crippen LogP contribution is -2.34. The van der Waals surface area contributed by atoms with Crippen molar-refractivity contribution in [2.75, 3.05) is 13.1 Å². The van der Waals surface area contributed by atoms with Crippen LogP contribution in [0.1, 0.15) is 27.2 Å². The third-order valence-corrected chi connectivity index (χ3v) is 5.54. The fourth-order valence-electron chi connectivity index (χ4n) is 2.46. The van der Waals surface area contributed by atoms with Gasteiger partial charge in [-0.05, 0) is 27.2 Å². The molecule has 1 aromatic carbocycles. The topological polar surface area (TPSA) is 63.7 Å². The smallest absolute Gasteiger partial charge is 0.310 e. The number of halogens is 5. The summed E-state index contributed by atoms with van der Waals surface area (Å²) in [4.78, 5) is 10.1. The predicted octanol–water partition coefficient (Wildman–Crippen LogP) is 2.73. The Morgan fingerprint density at radius 2 is 1.46 bits per heavy atom. The summed E-state index contributed by atoms with van der Waals surface area (Å²) in [7, 11) is -5.04. The molecule has 1 heterocycles. The molecule has 1 saturated heterocycles. The number of ether oxygens (including phenoxy) is 1. The molecule has 1 aliphatic heterocycles. The van der Waals surface area contributed by atoms with Gasteiger partial charge in [0, 0.05) is 13.1 Å². The minimum absolute atomic E-state index is 0.0104. The standard InChI is InChI=1S/C15H16F5NO4S/c1-15(2,3)25-14(22)7-4-5-21(6-7)26(23,24)13-11(19)9(17)8(16)10(18)12(13)20/h7H,4-6H2,1-3H3/t7-/m1/s1. The molecule has 26 heavy (non-hydrogen) atoms. The molecule has 2 rings (SSSR count). The Morgan fingerprint density at radius 3 is 1.92 bits per heavy atom. The number of hydrogen-bond donors (Lipinski definition) is 0. The Labute approximate surface area is 146 Å². The summed E-state index contributed by atoms with van der Waals surface area (Å²) < 4.78 is 97.7. The molecule has 0 unspecified atom stereocenters. The third-order valence-electron chi connectivity index (χ3n) is 3.66. The molecule has 1 fully saturated rings. The van der Waals surface area contributed by atoms with E-state index in [1.807, 2.05) is 0 Å². The van der Waals surface area contributed by atoms with Crippen molar-refractivity contribution in [2.24, 2.45) is 5.92 Å². The Kier molecular flexibility index (Phi) is 5.35. The monoisotopic (exact) mass is 401 g/mol. The van der Waals surface area contributed by atoms with E-state index in [0.29, 0.717) is 4.31 Å². The first-order chi connectivity index (χ1) is 11.8. The van der Waals surface area contributed by atoms with Crippen LogP contribution in [-0.4, -0.2) is 37.4 Å². The van der Waals surface area contributed by atoms with Crippen molar-refractivity contribution in [1.82, 2.24) is 4.31 Å². The molecule has 0 saturated carbocycles. The highest BCUT2D eigenvalue weighted by Gasteiger charge is 2.42. The predicted molar refractivity (Wildman–Crippen MR) is 78.9 cm³/mol. The highest BCUT2D eigenvalue weighted by atomic mass is 32.2. The fraction of sp³-hybridized carbons (Fsp3) is 0.533. The number of hydrogen-bond acceptors (Lipinski definition) is 4. The summed E-state index contributed by atoms with van der Waals surface area (Å²) in [6.07, 6.45) is -0.0104. The molecule has 1 aromatic rings. The van der Waals surface area contributed by atoms with Crippen LogP contribution in [0.15, 0.2) is 4.90 Å². The lowest BCUT2D eigenvalue weighted by molar-refractivity contribution is -0.159. The van der Waals surface area contributed by atoms with Crippen LogP contribution in [-0.2, 0) is 19.6 Å². The van der Waals surface area contributed by atoms with E-state index in [0.717, 1.165) is 0 Å². The highest BCUT2D eigenvalue weighted by molar-refractivity contribution is 7.89. The van der Waals surface area contributed by atoms with Crippen molar-refractivity contribution in [3.05, 3.63) is 29.1 Å². The van der Waals surface area contributed by atoms with Crippen molar-refractivity contribution < 1.29 is 39.9 Å². The van der Waals surface area contributed by atoms with Gasteiger partial charge in [0.15, 0.2) is 28.2 Å². The van der Waals surface area contributed by atoms with Crippen LogP contribution in [0.5, 0.6) is 0 Å². The summed E-state index contributed by atoms with van der Waals surface area (Å²) in [5, 5.41) is 0. The second kappa shape index (κ2) is 6.76. The van der Waals surface area contributed by atoms with Gasteiger partial charge in [-0.1, -0.05) is 0 Å². The van der Waals surface area contributed by atoms with Crippen molar-refractivity contribution in [1.29, 1.82) is 0 Å². The number of esters is 1. The summed E-state index contributed by atoms with van der Waals surface area (Å²) in [6, 6.07) is 0. The molecule has 0 radical (unpaired) electrons. The number of rotatable bonds is 3. The molecule has 0 spiro atoms.